The molecule has 0 aliphatic carbocycles. The first-order valence-corrected chi connectivity index (χ1v) is 8.24. The maximum absolute atomic E-state index is 9.37. The average Bonchev–Trinajstić information content (AvgIpc) is 2.98. The molecular formula is C20H24N2O. The first-order valence-electron chi connectivity index (χ1n) is 8.24. The Hall–Kier alpha value is -2.10. The number of para-hydroxylation sites is 1. The van der Waals surface area contributed by atoms with Crippen molar-refractivity contribution in [2.75, 3.05) is 6.54 Å². The van der Waals surface area contributed by atoms with E-state index in [-0.39, 0.29) is 6.61 Å². The fourth-order valence-electron chi connectivity index (χ4n) is 3.11. The minimum absolute atomic E-state index is 0.112. The van der Waals surface area contributed by atoms with Crippen molar-refractivity contribution >= 4 is 10.9 Å². The molecule has 3 N–H and O–H groups in total. The quantitative estimate of drug-likeness (QED) is 0.626. The van der Waals surface area contributed by atoms with Gasteiger partial charge >= 0.3 is 0 Å². The number of aromatic nitrogens is 1. The Morgan fingerprint density at radius 2 is 1.74 bits per heavy atom. The average molecular weight is 308 g/mol. The molecule has 0 bridgehead atoms. The van der Waals surface area contributed by atoms with Crippen LogP contribution in [-0.4, -0.2) is 22.7 Å². The number of hydrogen-bond acceptors (Lipinski definition) is 2. The van der Waals surface area contributed by atoms with Crippen LogP contribution in [0.1, 0.15) is 23.6 Å². The zero-order valence-electron chi connectivity index (χ0n) is 13.5. The summed E-state index contributed by atoms with van der Waals surface area (Å²) < 4.78 is 0. The SMILES string of the molecule is CC(Cc1c[nH]c2ccccc12)NCCc1ccccc1CO. The van der Waals surface area contributed by atoms with Gasteiger partial charge in [-0.3, -0.25) is 0 Å². The van der Waals surface area contributed by atoms with Crippen LogP contribution in [0.4, 0.5) is 0 Å². The summed E-state index contributed by atoms with van der Waals surface area (Å²) in [6, 6.07) is 16.9. The van der Waals surface area contributed by atoms with Crippen molar-refractivity contribution in [2.45, 2.75) is 32.4 Å². The molecule has 3 nitrogen and oxygen atoms in total. The number of fused-ring (bicyclic) bond motifs is 1. The molecule has 0 aliphatic heterocycles. The topological polar surface area (TPSA) is 48.0 Å². The van der Waals surface area contributed by atoms with Crippen molar-refractivity contribution in [3.8, 4) is 0 Å². The lowest BCUT2D eigenvalue weighted by atomic mass is 10.0. The highest BCUT2D eigenvalue weighted by Gasteiger charge is 2.08. The van der Waals surface area contributed by atoms with E-state index < -0.39 is 0 Å². The molecule has 3 aromatic rings. The van der Waals surface area contributed by atoms with E-state index in [0.29, 0.717) is 6.04 Å². The number of nitrogens with one attached hydrogen (secondary N) is 2. The Kier molecular flexibility index (Phi) is 5.11. The summed E-state index contributed by atoms with van der Waals surface area (Å²) in [5.74, 6) is 0. The standard InChI is InChI=1S/C20H24N2O/c1-15(12-18-13-22-20-9-5-4-8-19(18)20)21-11-10-16-6-2-3-7-17(16)14-23/h2-9,13,15,21-23H,10-12,14H2,1H3. The third-order valence-corrected chi connectivity index (χ3v) is 4.38. The normalized spacial score (nSPS) is 12.6. The van der Waals surface area contributed by atoms with E-state index >= 15 is 0 Å². The number of rotatable bonds is 7. The lowest BCUT2D eigenvalue weighted by Gasteiger charge is -2.14. The molecule has 1 aromatic heterocycles. The van der Waals surface area contributed by atoms with Gasteiger partial charge in [0.05, 0.1) is 6.61 Å². The molecular weight excluding hydrogens is 284 g/mol. The smallest absolute Gasteiger partial charge is 0.0684 e. The first-order chi connectivity index (χ1) is 11.3. The van der Waals surface area contributed by atoms with Crippen molar-refractivity contribution in [2.24, 2.45) is 0 Å². The van der Waals surface area contributed by atoms with Gasteiger partial charge < -0.3 is 15.4 Å². The van der Waals surface area contributed by atoms with Crippen molar-refractivity contribution in [1.82, 2.24) is 10.3 Å². The van der Waals surface area contributed by atoms with Crippen LogP contribution >= 0.6 is 0 Å². The van der Waals surface area contributed by atoms with E-state index in [1.807, 2.05) is 18.2 Å². The zero-order chi connectivity index (χ0) is 16.1. The predicted molar refractivity (Wildman–Crippen MR) is 95.5 cm³/mol. The lowest BCUT2D eigenvalue weighted by Crippen LogP contribution is -2.30. The highest BCUT2D eigenvalue weighted by Crippen LogP contribution is 2.19. The molecule has 1 atom stereocenters. The third-order valence-electron chi connectivity index (χ3n) is 4.38. The Morgan fingerprint density at radius 1 is 1.00 bits per heavy atom. The summed E-state index contributed by atoms with van der Waals surface area (Å²) in [4.78, 5) is 3.33. The van der Waals surface area contributed by atoms with E-state index in [9.17, 15) is 5.11 Å². The van der Waals surface area contributed by atoms with Crippen LogP contribution in [0.3, 0.4) is 0 Å². The molecule has 0 spiro atoms. The fourth-order valence-corrected chi connectivity index (χ4v) is 3.11. The van der Waals surface area contributed by atoms with Crippen molar-refractivity contribution < 1.29 is 5.11 Å². The van der Waals surface area contributed by atoms with Crippen LogP contribution in [0.2, 0.25) is 0 Å². The molecule has 120 valence electrons. The van der Waals surface area contributed by atoms with Gasteiger partial charge in [0, 0.05) is 23.1 Å². The Labute approximate surface area is 137 Å². The second-order valence-corrected chi connectivity index (χ2v) is 6.10. The first kappa shape index (κ1) is 15.8. The van der Waals surface area contributed by atoms with Crippen LogP contribution in [0.5, 0.6) is 0 Å². The second-order valence-electron chi connectivity index (χ2n) is 6.10. The van der Waals surface area contributed by atoms with Crippen molar-refractivity contribution in [1.29, 1.82) is 0 Å². The monoisotopic (exact) mass is 308 g/mol. The number of aromatic amines is 1. The van der Waals surface area contributed by atoms with Crippen LogP contribution < -0.4 is 5.32 Å². The number of hydrogen-bond donors (Lipinski definition) is 3. The van der Waals surface area contributed by atoms with Crippen LogP contribution in [-0.2, 0) is 19.4 Å². The number of aliphatic hydroxyl groups excluding tert-OH is 1. The Bertz CT molecular complexity index is 763. The molecule has 0 saturated heterocycles. The van der Waals surface area contributed by atoms with E-state index in [1.165, 1.54) is 22.0 Å². The summed E-state index contributed by atoms with van der Waals surface area (Å²) in [6.45, 7) is 3.25. The molecule has 23 heavy (non-hydrogen) atoms. The molecule has 3 heteroatoms. The summed E-state index contributed by atoms with van der Waals surface area (Å²) in [6.07, 6.45) is 4.06. The number of H-pyrrole nitrogens is 1. The molecule has 0 aliphatic rings. The summed E-state index contributed by atoms with van der Waals surface area (Å²) >= 11 is 0. The minimum Gasteiger partial charge on any atom is -0.392 e. The van der Waals surface area contributed by atoms with Gasteiger partial charge in [0.1, 0.15) is 0 Å². The maximum Gasteiger partial charge on any atom is 0.0684 e. The lowest BCUT2D eigenvalue weighted by molar-refractivity contribution is 0.280. The largest absolute Gasteiger partial charge is 0.392 e. The molecule has 0 radical (unpaired) electrons. The second kappa shape index (κ2) is 7.44. The fraction of sp³-hybridized carbons (Fsp3) is 0.300. The van der Waals surface area contributed by atoms with Crippen molar-refractivity contribution in [3.05, 3.63) is 71.4 Å². The van der Waals surface area contributed by atoms with Gasteiger partial charge in [-0.25, -0.2) is 0 Å². The zero-order valence-corrected chi connectivity index (χ0v) is 13.5. The van der Waals surface area contributed by atoms with Crippen LogP contribution in [0.25, 0.3) is 10.9 Å². The van der Waals surface area contributed by atoms with Crippen LogP contribution in [0, 0.1) is 0 Å². The van der Waals surface area contributed by atoms with E-state index in [4.69, 9.17) is 0 Å². The molecule has 0 saturated carbocycles. The molecule has 0 fully saturated rings. The minimum atomic E-state index is 0.112. The van der Waals surface area contributed by atoms with E-state index in [0.717, 1.165) is 24.9 Å². The maximum atomic E-state index is 9.37. The van der Waals surface area contributed by atoms with Gasteiger partial charge in [0.15, 0.2) is 0 Å². The predicted octanol–water partition coefficient (Wildman–Crippen LogP) is 3.42. The van der Waals surface area contributed by atoms with Gasteiger partial charge in [-0.1, -0.05) is 42.5 Å². The van der Waals surface area contributed by atoms with Gasteiger partial charge in [-0.15, -0.1) is 0 Å². The Balaban J connectivity index is 1.54. The van der Waals surface area contributed by atoms with Crippen LogP contribution in [0.15, 0.2) is 54.7 Å². The van der Waals surface area contributed by atoms with Gasteiger partial charge in [-0.2, -0.15) is 0 Å². The molecule has 1 heterocycles. The highest BCUT2D eigenvalue weighted by molar-refractivity contribution is 5.83. The number of aliphatic hydroxyl groups is 1. The van der Waals surface area contributed by atoms with Gasteiger partial charge in [0.2, 0.25) is 0 Å². The molecule has 0 amide bonds. The summed E-state index contributed by atoms with van der Waals surface area (Å²) in [5.41, 5.74) is 4.81. The number of benzene rings is 2. The van der Waals surface area contributed by atoms with E-state index in [1.54, 1.807) is 0 Å². The highest BCUT2D eigenvalue weighted by atomic mass is 16.3. The van der Waals surface area contributed by atoms with Gasteiger partial charge in [-0.05, 0) is 49.1 Å². The summed E-state index contributed by atoms with van der Waals surface area (Å²) in [7, 11) is 0. The third kappa shape index (κ3) is 3.81. The van der Waals surface area contributed by atoms with Crippen molar-refractivity contribution in [3.63, 3.8) is 0 Å². The Morgan fingerprint density at radius 3 is 2.57 bits per heavy atom. The van der Waals surface area contributed by atoms with E-state index in [2.05, 4.69) is 53.8 Å². The molecule has 2 aromatic carbocycles. The summed E-state index contributed by atoms with van der Waals surface area (Å²) in [5, 5.41) is 14.3. The molecule has 1 unspecified atom stereocenters. The molecule has 3 rings (SSSR count). The van der Waals surface area contributed by atoms with Gasteiger partial charge in [0.25, 0.3) is 0 Å².